The zero-order valence-electron chi connectivity index (χ0n) is 27.7. The topological polar surface area (TPSA) is 215 Å². The molecule has 14 heteroatoms. The predicted octanol–water partition coefficient (Wildman–Crippen LogP) is 2.31. The number of methoxy groups -OCH3 is 1. The minimum Gasteiger partial charge on any atom is -0.507 e. The number of aliphatic hydroxyl groups is 2. The maximum absolute atomic E-state index is 13.9. The monoisotopic (exact) mass is 683 g/mol. The lowest BCUT2D eigenvalue weighted by Crippen LogP contribution is -2.57. The number of amides is 1. The van der Waals surface area contributed by atoms with Crippen molar-refractivity contribution in [2.24, 2.45) is 0 Å². The molecule has 0 saturated carbocycles. The molecule has 1 aliphatic heterocycles. The number of esters is 1. The molecule has 2 aromatic carbocycles. The first-order valence-electron chi connectivity index (χ1n) is 16.3. The van der Waals surface area contributed by atoms with Gasteiger partial charge in [0.1, 0.15) is 35.6 Å². The lowest BCUT2D eigenvalue weighted by molar-refractivity contribution is -0.253. The summed E-state index contributed by atoms with van der Waals surface area (Å²) in [7, 11) is 1.31. The maximum Gasteiger partial charge on any atom is 0.306 e. The lowest BCUT2D eigenvalue weighted by atomic mass is 9.72. The number of phenols is 2. The predicted molar refractivity (Wildman–Crippen MR) is 169 cm³/mol. The average molecular weight is 684 g/mol. The van der Waals surface area contributed by atoms with Gasteiger partial charge in [0, 0.05) is 48.8 Å². The Bertz CT molecular complexity index is 1690. The fourth-order valence-corrected chi connectivity index (χ4v) is 6.95. The van der Waals surface area contributed by atoms with Gasteiger partial charge in [-0.25, -0.2) is 0 Å². The number of Topliss-reactive ketones (excluding diaryl/α,β-unsaturated/α-hetero) is 1. The highest BCUT2D eigenvalue weighted by atomic mass is 16.7. The summed E-state index contributed by atoms with van der Waals surface area (Å²) in [5, 5.41) is 47.4. The summed E-state index contributed by atoms with van der Waals surface area (Å²) in [5.74, 6) is -4.75. The van der Waals surface area contributed by atoms with Crippen LogP contribution in [0.3, 0.4) is 0 Å². The van der Waals surface area contributed by atoms with Gasteiger partial charge < -0.3 is 44.7 Å². The van der Waals surface area contributed by atoms with Crippen molar-refractivity contribution in [2.45, 2.75) is 102 Å². The van der Waals surface area contributed by atoms with Gasteiger partial charge in [-0.3, -0.25) is 24.0 Å². The number of fused-ring (bicyclic) bond motifs is 3. The van der Waals surface area contributed by atoms with E-state index >= 15 is 0 Å². The number of hydrogen-bond acceptors (Lipinski definition) is 13. The third kappa shape index (κ3) is 6.53. The van der Waals surface area contributed by atoms with Crippen molar-refractivity contribution in [2.75, 3.05) is 13.7 Å². The number of rotatable bonds is 11. The molecule has 49 heavy (non-hydrogen) atoms. The van der Waals surface area contributed by atoms with Gasteiger partial charge in [-0.1, -0.05) is 26.0 Å². The normalized spacial score (nSPS) is 25.9. The number of aromatic hydroxyl groups is 2. The Morgan fingerprint density at radius 3 is 2.37 bits per heavy atom. The summed E-state index contributed by atoms with van der Waals surface area (Å²) in [5.41, 5.74) is -3.92. The quantitative estimate of drug-likeness (QED) is 0.145. The van der Waals surface area contributed by atoms with Crippen LogP contribution in [0.25, 0.3) is 0 Å². The van der Waals surface area contributed by atoms with Crippen LogP contribution in [0.1, 0.15) is 108 Å². The molecule has 0 radical (unpaired) electrons. The number of phenolic OH excluding ortho intramolecular Hbond substituents is 2. The molecular weight excluding hydrogens is 642 g/mol. The van der Waals surface area contributed by atoms with Crippen molar-refractivity contribution in [1.29, 1.82) is 0 Å². The number of benzene rings is 2. The maximum atomic E-state index is 13.9. The molecule has 0 unspecified atom stereocenters. The summed E-state index contributed by atoms with van der Waals surface area (Å²) in [6, 6.07) is 3.56. The van der Waals surface area contributed by atoms with Gasteiger partial charge in [0.25, 0.3) is 0 Å². The van der Waals surface area contributed by atoms with Crippen molar-refractivity contribution in [3.63, 3.8) is 0 Å². The van der Waals surface area contributed by atoms with E-state index in [4.69, 9.17) is 18.9 Å². The van der Waals surface area contributed by atoms with E-state index in [0.29, 0.717) is 12.8 Å². The van der Waals surface area contributed by atoms with Crippen LogP contribution in [0.4, 0.5) is 0 Å². The van der Waals surface area contributed by atoms with Crippen LogP contribution in [-0.4, -0.2) is 93.5 Å². The van der Waals surface area contributed by atoms with Crippen LogP contribution in [0.15, 0.2) is 18.2 Å². The van der Waals surface area contributed by atoms with Gasteiger partial charge in [0.05, 0.1) is 42.0 Å². The van der Waals surface area contributed by atoms with Gasteiger partial charge in [0.15, 0.2) is 17.9 Å². The Hall–Kier alpha value is -4.37. The van der Waals surface area contributed by atoms with E-state index in [0.717, 1.165) is 0 Å². The fraction of sp³-hybridized carbons (Fsp3) is 0.514. The summed E-state index contributed by atoms with van der Waals surface area (Å²) < 4.78 is 23.4. The molecule has 0 aromatic heterocycles. The molecule has 14 nitrogen and oxygen atoms in total. The Morgan fingerprint density at radius 2 is 1.71 bits per heavy atom. The molecule has 2 aromatic rings. The fourth-order valence-electron chi connectivity index (χ4n) is 6.95. The van der Waals surface area contributed by atoms with Crippen molar-refractivity contribution < 1.29 is 63.3 Å². The van der Waals surface area contributed by atoms with E-state index in [9.17, 15) is 44.4 Å². The van der Waals surface area contributed by atoms with E-state index in [1.54, 1.807) is 6.92 Å². The van der Waals surface area contributed by atoms with E-state index < -0.39 is 102 Å². The molecule has 264 valence electrons. The average Bonchev–Trinajstić information content (AvgIpc) is 3.06. The van der Waals surface area contributed by atoms with E-state index in [1.165, 1.54) is 25.3 Å². The van der Waals surface area contributed by atoms with Gasteiger partial charge in [-0.05, 0) is 25.8 Å². The van der Waals surface area contributed by atoms with Crippen LogP contribution < -0.4 is 10.1 Å². The zero-order chi connectivity index (χ0) is 35.8. The minimum absolute atomic E-state index is 0.0677. The van der Waals surface area contributed by atoms with Gasteiger partial charge >= 0.3 is 5.97 Å². The first-order valence-corrected chi connectivity index (χ1v) is 16.3. The van der Waals surface area contributed by atoms with Crippen molar-refractivity contribution in [3.05, 3.63) is 51.6 Å². The van der Waals surface area contributed by atoms with Crippen LogP contribution in [0.2, 0.25) is 0 Å². The van der Waals surface area contributed by atoms with Crippen LogP contribution in [0, 0.1) is 0 Å². The van der Waals surface area contributed by atoms with E-state index in [-0.39, 0.29) is 53.2 Å². The third-order valence-corrected chi connectivity index (χ3v) is 9.27. The second-order valence-electron chi connectivity index (χ2n) is 12.6. The highest BCUT2D eigenvalue weighted by Gasteiger charge is 2.50. The van der Waals surface area contributed by atoms with E-state index in [2.05, 4.69) is 5.32 Å². The van der Waals surface area contributed by atoms with Crippen LogP contribution in [0.5, 0.6) is 17.2 Å². The molecule has 1 amide bonds. The summed E-state index contributed by atoms with van der Waals surface area (Å²) in [6.45, 7) is 4.21. The summed E-state index contributed by atoms with van der Waals surface area (Å²) >= 11 is 0. The molecule has 1 saturated heterocycles. The number of carbonyl (C=O) groups is 5. The van der Waals surface area contributed by atoms with Crippen molar-refractivity contribution in [1.82, 2.24) is 5.32 Å². The lowest BCUT2D eigenvalue weighted by Gasteiger charge is -2.43. The number of aliphatic hydroxyl groups excluding tert-OH is 1. The number of carbonyl (C=O) groups excluding carboxylic acids is 5. The van der Waals surface area contributed by atoms with E-state index in [1.807, 2.05) is 13.8 Å². The molecule has 5 N–H and O–H groups in total. The first kappa shape index (κ1) is 35.9. The van der Waals surface area contributed by atoms with Crippen molar-refractivity contribution >= 4 is 29.2 Å². The molecule has 3 aliphatic rings. The largest absolute Gasteiger partial charge is 0.507 e. The van der Waals surface area contributed by atoms with Gasteiger partial charge in [-0.15, -0.1) is 0 Å². The van der Waals surface area contributed by atoms with Gasteiger partial charge in [0.2, 0.25) is 11.7 Å². The van der Waals surface area contributed by atoms with Crippen LogP contribution >= 0.6 is 0 Å². The number of ketones is 3. The molecule has 6 atom stereocenters. The highest BCUT2D eigenvalue weighted by Crippen LogP contribution is 2.52. The van der Waals surface area contributed by atoms with Crippen LogP contribution in [-0.2, 0) is 35.0 Å². The van der Waals surface area contributed by atoms with Crippen molar-refractivity contribution in [3.8, 4) is 17.2 Å². The Balaban J connectivity index is 1.58. The molecular formula is C35H41NO13. The minimum atomic E-state index is -2.32. The molecule has 0 bridgehead atoms. The Kier molecular flexibility index (Phi) is 10.4. The molecule has 1 fully saturated rings. The first-order chi connectivity index (χ1) is 23.3. The second-order valence-corrected chi connectivity index (χ2v) is 12.6. The molecule has 0 spiro atoms. The Labute approximate surface area is 282 Å². The molecule has 5 rings (SSSR count). The second kappa shape index (κ2) is 14.2. The zero-order valence-corrected chi connectivity index (χ0v) is 27.7. The van der Waals surface area contributed by atoms with Gasteiger partial charge in [-0.2, -0.15) is 0 Å². The number of ether oxygens (including phenoxy) is 4. The standard InChI is InChI=1S/C35H41NO13/c1-5-8-23(39)36-19-12-25(47-16(3)34(19)49-24(40)9-6-2)48-21-14-35(45,22(38)15-37)13-18-27(21)33(44)29-28(31(18)42)30(41)17-10-7-11-20(46-4)26(17)32(29)43/h7,10-11,16,19,21,25,34,37,42,44-45H,5-6,8-9,12-15H2,1-4H3,(H,36,39)/t16-,19-,21-,25-,34+,35-/m0/s1. The molecule has 1 heterocycles. The number of hydrogen-bond donors (Lipinski definition) is 5. The number of nitrogens with one attached hydrogen (secondary N) is 1. The summed E-state index contributed by atoms with van der Waals surface area (Å²) in [4.78, 5) is 65.6. The molecule has 2 aliphatic carbocycles. The summed E-state index contributed by atoms with van der Waals surface area (Å²) in [6.07, 6.45) is -4.09. The smallest absolute Gasteiger partial charge is 0.306 e. The third-order valence-electron chi connectivity index (χ3n) is 9.27. The highest BCUT2D eigenvalue weighted by molar-refractivity contribution is 6.31. The Morgan fingerprint density at radius 1 is 1.02 bits per heavy atom. The SMILES string of the molecule is CCCC(=O)N[C@H]1C[C@H](O[C@H]2C[C@](O)(C(=O)CO)Cc3c(O)c4c(c(O)c32)C(=O)c2c(OC)cccc2C4=O)O[C@@H](C)[C@H]1OC(=O)CCC.